The maximum atomic E-state index is 6.26. The van der Waals surface area contributed by atoms with E-state index in [2.05, 4.69) is 135 Å². The predicted molar refractivity (Wildman–Crippen MR) is 201 cm³/mol. The molecule has 2 nitrogen and oxygen atoms in total. The molecule has 0 saturated heterocycles. The van der Waals surface area contributed by atoms with Gasteiger partial charge >= 0.3 is 0 Å². The van der Waals surface area contributed by atoms with Crippen LogP contribution in [-0.2, 0) is 0 Å². The van der Waals surface area contributed by atoms with Crippen LogP contribution in [-0.4, -0.2) is 13.2 Å². The van der Waals surface area contributed by atoms with E-state index in [-0.39, 0.29) is 0 Å². The van der Waals surface area contributed by atoms with Crippen molar-refractivity contribution < 1.29 is 9.47 Å². The van der Waals surface area contributed by atoms with E-state index in [1.165, 1.54) is 84.0 Å². The predicted octanol–water partition coefficient (Wildman–Crippen LogP) is 13.0. The number of benzene rings is 5. The third-order valence-electron chi connectivity index (χ3n) is 8.72. The summed E-state index contributed by atoms with van der Waals surface area (Å²) in [6.45, 7) is 6.02. The summed E-state index contributed by atoms with van der Waals surface area (Å²) in [6, 6.07) is 34.3. The first-order chi connectivity index (χ1) is 22.8. The van der Waals surface area contributed by atoms with Gasteiger partial charge in [-0.25, -0.2) is 0 Å². The summed E-state index contributed by atoms with van der Waals surface area (Å²) in [5.74, 6) is 1.90. The molecule has 0 aliphatic carbocycles. The van der Waals surface area contributed by atoms with Crippen molar-refractivity contribution in [1.82, 2.24) is 0 Å². The highest BCUT2D eigenvalue weighted by atomic mass is 16.5. The molecule has 2 heteroatoms. The lowest BCUT2D eigenvalue weighted by Gasteiger charge is -2.14. The molecule has 0 bridgehead atoms. The van der Waals surface area contributed by atoms with E-state index in [4.69, 9.17) is 9.47 Å². The molecule has 0 saturated carbocycles. The highest BCUT2D eigenvalue weighted by Gasteiger charge is 2.11. The zero-order chi connectivity index (χ0) is 31.8. The molecule has 46 heavy (non-hydrogen) atoms. The van der Waals surface area contributed by atoms with E-state index in [9.17, 15) is 0 Å². The SMILES string of the molecule is CCCCCCCOc1ccccc1/C=C/c1c2ccccc2c(/C=C/c2ccccc2OCCCCCCC)c2ccccc12. The quantitative estimate of drug-likeness (QED) is 0.0558. The second kappa shape index (κ2) is 18.0. The van der Waals surface area contributed by atoms with Gasteiger partial charge in [0.15, 0.2) is 0 Å². The Morgan fingerprint density at radius 2 is 0.739 bits per heavy atom. The van der Waals surface area contributed by atoms with Crippen molar-refractivity contribution in [3.8, 4) is 11.5 Å². The lowest BCUT2D eigenvalue weighted by atomic mass is 9.90. The minimum atomic E-state index is 0.759. The Balaban J connectivity index is 1.43. The number of para-hydroxylation sites is 2. The first-order valence-electron chi connectivity index (χ1n) is 17.5. The van der Waals surface area contributed by atoms with Crippen molar-refractivity contribution >= 4 is 45.8 Å². The molecule has 0 aromatic heterocycles. The van der Waals surface area contributed by atoms with Crippen molar-refractivity contribution in [1.29, 1.82) is 0 Å². The van der Waals surface area contributed by atoms with Crippen molar-refractivity contribution in [3.63, 3.8) is 0 Å². The molecule has 0 fully saturated rings. The molecule has 0 radical (unpaired) electrons. The van der Waals surface area contributed by atoms with Gasteiger partial charge in [0, 0.05) is 11.1 Å². The zero-order valence-corrected chi connectivity index (χ0v) is 27.8. The van der Waals surface area contributed by atoms with Crippen LogP contribution in [0.5, 0.6) is 11.5 Å². The average molecular weight is 611 g/mol. The Bertz CT molecular complexity index is 1540. The molecule has 0 unspecified atom stereocenters. The van der Waals surface area contributed by atoms with Crippen LogP contribution in [0.2, 0.25) is 0 Å². The molecule has 5 aromatic rings. The monoisotopic (exact) mass is 610 g/mol. The van der Waals surface area contributed by atoms with Gasteiger partial charge in [-0.05, 0) is 57.6 Å². The molecule has 0 aliphatic heterocycles. The van der Waals surface area contributed by atoms with Gasteiger partial charge in [-0.15, -0.1) is 0 Å². The summed E-state index contributed by atoms with van der Waals surface area (Å²) in [6.07, 6.45) is 21.3. The van der Waals surface area contributed by atoms with Gasteiger partial charge in [0.25, 0.3) is 0 Å². The van der Waals surface area contributed by atoms with Crippen molar-refractivity contribution in [3.05, 3.63) is 119 Å². The lowest BCUT2D eigenvalue weighted by Crippen LogP contribution is -1.98. The Morgan fingerprint density at radius 3 is 1.13 bits per heavy atom. The summed E-state index contributed by atoms with van der Waals surface area (Å²) in [4.78, 5) is 0. The van der Waals surface area contributed by atoms with Gasteiger partial charge < -0.3 is 9.47 Å². The maximum Gasteiger partial charge on any atom is 0.126 e. The molecule has 5 rings (SSSR count). The van der Waals surface area contributed by atoms with Gasteiger partial charge in [-0.3, -0.25) is 0 Å². The van der Waals surface area contributed by atoms with Crippen LogP contribution in [0, 0.1) is 0 Å². The van der Waals surface area contributed by atoms with Crippen LogP contribution in [0.3, 0.4) is 0 Å². The van der Waals surface area contributed by atoms with Gasteiger partial charge in [-0.2, -0.15) is 0 Å². The molecule has 0 heterocycles. The largest absolute Gasteiger partial charge is 0.493 e. The number of fused-ring (bicyclic) bond motifs is 2. The fraction of sp³-hybridized carbons (Fsp3) is 0.318. The Labute approximate surface area is 276 Å². The Kier molecular flexibility index (Phi) is 12.9. The average Bonchev–Trinajstić information content (AvgIpc) is 3.10. The number of hydrogen-bond acceptors (Lipinski definition) is 2. The second-order valence-corrected chi connectivity index (χ2v) is 12.2. The third kappa shape index (κ3) is 8.91. The molecule has 0 atom stereocenters. The minimum Gasteiger partial charge on any atom is -0.493 e. The van der Waals surface area contributed by atoms with Crippen LogP contribution in [0.15, 0.2) is 97.1 Å². The van der Waals surface area contributed by atoms with Crippen LogP contribution in [0.25, 0.3) is 45.8 Å². The molecule has 5 aromatic carbocycles. The molecule has 0 amide bonds. The smallest absolute Gasteiger partial charge is 0.126 e. The van der Waals surface area contributed by atoms with E-state index in [1.807, 2.05) is 0 Å². The first kappa shape index (κ1) is 33.1. The Hall–Kier alpha value is -4.30. The minimum absolute atomic E-state index is 0.759. The molecular formula is C44H50O2. The fourth-order valence-corrected chi connectivity index (χ4v) is 6.18. The third-order valence-corrected chi connectivity index (χ3v) is 8.72. The fourth-order valence-electron chi connectivity index (χ4n) is 6.18. The number of hydrogen-bond donors (Lipinski definition) is 0. The number of rotatable bonds is 18. The molecule has 238 valence electrons. The normalized spacial score (nSPS) is 11.7. The second-order valence-electron chi connectivity index (χ2n) is 12.2. The highest BCUT2D eigenvalue weighted by molar-refractivity contribution is 6.14. The maximum absolute atomic E-state index is 6.26. The summed E-state index contributed by atoms with van der Waals surface area (Å²) in [7, 11) is 0. The van der Waals surface area contributed by atoms with Crippen LogP contribution < -0.4 is 9.47 Å². The van der Waals surface area contributed by atoms with Gasteiger partial charge in [-0.1, -0.05) is 174 Å². The summed E-state index contributed by atoms with van der Waals surface area (Å²) in [5, 5.41) is 4.96. The molecule has 0 spiro atoms. The lowest BCUT2D eigenvalue weighted by molar-refractivity contribution is 0.304. The van der Waals surface area contributed by atoms with Crippen molar-refractivity contribution in [2.24, 2.45) is 0 Å². The summed E-state index contributed by atoms with van der Waals surface area (Å²) in [5.41, 5.74) is 4.67. The van der Waals surface area contributed by atoms with E-state index in [0.717, 1.165) is 48.7 Å². The Morgan fingerprint density at radius 1 is 0.391 bits per heavy atom. The van der Waals surface area contributed by atoms with Gasteiger partial charge in [0.2, 0.25) is 0 Å². The van der Waals surface area contributed by atoms with E-state index < -0.39 is 0 Å². The zero-order valence-electron chi connectivity index (χ0n) is 27.8. The van der Waals surface area contributed by atoms with Gasteiger partial charge in [0.1, 0.15) is 11.5 Å². The number of unbranched alkanes of at least 4 members (excludes halogenated alkanes) is 8. The summed E-state index contributed by atoms with van der Waals surface area (Å²) < 4.78 is 12.5. The van der Waals surface area contributed by atoms with Crippen molar-refractivity contribution in [2.45, 2.75) is 78.1 Å². The van der Waals surface area contributed by atoms with Crippen LogP contribution in [0.1, 0.15) is 100 Å². The van der Waals surface area contributed by atoms with Crippen molar-refractivity contribution in [2.75, 3.05) is 13.2 Å². The van der Waals surface area contributed by atoms with Gasteiger partial charge in [0.05, 0.1) is 13.2 Å². The highest BCUT2D eigenvalue weighted by Crippen LogP contribution is 2.36. The van der Waals surface area contributed by atoms with E-state index in [0.29, 0.717) is 0 Å². The van der Waals surface area contributed by atoms with Crippen LogP contribution >= 0.6 is 0 Å². The van der Waals surface area contributed by atoms with Crippen LogP contribution in [0.4, 0.5) is 0 Å². The molecule has 0 N–H and O–H groups in total. The first-order valence-corrected chi connectivity index (χ1v) is 17.5. The topological polar surface area (TPSA) is 18.5 Å². The standard InChI is InChI=1S/C44H50O2/c1-3-5-7-9-19-33-45-43-27-17-11-21-35(43)29-31-41-37-23-13-15-25-39(37)42(40-26-16-14-24-38(40)41)32-30-36-22-12-18-28-44(36)46-34-20-10-8-6-4-2/h11-18,21-32H,3-10,19-20,33-34H2,1-2H3/b31-29+,32-30+. The summed E-state index contributed by atoms with van der Waals surface area (Å²) >= 11 is 0. The number of ether oxygens (including phenoxy) is 2. The van der Waals surface area contributed by atoms with E-state index in [1.54, 1.807) is 0 Å². The molecule has 0 aliphatic rings. The van der Waals surface area contributed by atoms with E-state index >= 15 is 0 Å². The molecular weight excluding hydrogens is 560 g/mol.